The lowest BCUT2D eigenvalue weighted by atomic mass is 9.88. The fourth-order valence-electron chi connectivity index (χ4n) is 2.61. The monoisotopic (exact) mass is 331 g/mol. The van der Waals surface area contributed by atoms with Crippen LogP contribution in [0.1, 0.15) is 31.2 Å². The first kappa shape index (κ1) is 14.2. The van der Waals surface area contributed by atoms with E-state index in [0.29, 0.717) is 12.8 Å². The molecule has 0 spiro atoms. The average molecular weight is 332 g/mol. The number of ether oxygens (including phenoxy) is 1. The van der Waals surface area contributed by atoms with Crippen molar-refractivity contribution < 1.29 is 18.3 Å². The molecule has 0 atom stereocenters. The number of carbonyl (C=O) groups excluding carboxylic acids is 1. The second-order valence-electron chi connectivity index (χ2n) is 4.51. The number of hydrogen-bond donors (Lipinski definition) is 0. The van der Waals surface area contributed by atoms with Crippen LogP contribution in [0.15, 0.2) is 15.5 Å². The smallest absolute Gasteiger partial charge is 0.235 e. The van der Waals surface area contributed by atoms with Crippen molar-refractivity contribution in [2.45, 2.75) is 31.2 Å². The van der Waals surface area contributed by atoms with E-state index in [1.807, 2.05) is 0 Å². The lowest BCUT2D eigenvalue weighted by molar-refractivity contribution is 0.352. The van der Waals surface area contributed by atoms with Crippen molar-refractivity contribution in [1.29, 1.82) is 0 Å². The van der Waals surface area contributed by atoms with Crippen LogP contribution in [-0.4, -0.2) is 13.2 Å². The Kier molecular flexibility index (Phi) is 4.02. The summed E-state index contributed by atoms with van der Waals surface area (Å²) in [6, 6.07) is 1.18. The van der Waals surface area contributed by atoms with Crippen molar-refractivity contribution in [3.63, 3.8) is 0 Å². The largest absolute Gasteiger partial charge is 0.493 e. The third kappa shape index (κ3) is 2.30. The van der Waals surface area contributed by atoms with E-state index in [9.17, 15) is 13.6 Å². The molecule has 0 amide bonds. The number of isocyanates is 1. The van der Waals surface area contributed by atoms with Crippen LogP contribution in [0.4, 0.5) is 8.78 Å². The molecule has 0 heterocycles. The zero-order valence-electron chi connectivity index (χ0n) is 10.3. The minimum atomic E-state index is -0.921. The van der Waals surface area contributed by atoms with Gasteiger partial charge in [0.05, 0.1) is 11.6 Å². The second-order valence-corrected chi connectivity index (χ2v) is 5.30. The van der Waals surface area contributed by atoms with E-state index in [-0.39, 0.29) is 15.8 Å². The van der Waals surface area contributed by atoms with Crippen LogP contribution in [0.25, 0.3) is 0 Å². The third-order valence-corrected chi connectivity index (χ3v) is 4.24. The molecule has 6 heteroatoms. The molecule has 1 fully saturated rings. The maximum Gasteiger partial charge on any atom is 0.235 e. The summed E-state index contributed by atoms with van der Waals surface area (Å²) >= 11 is 2.83. The molecule has 0 saturated heterocycles. The van der Waals surface area contributed by atoms with Gasteiger partial charge in [-0.3, -0.25) is 0 Å². The maximum atomic E-state index is 14.0. The normalized spacial score (nSPS) is 17.1. The highest BCUT2D eigenvalue weighted by atomic mass is 79.9. The highest BCUT2D eigenvalue weighted by Crippen LogP contribution is 2.47. The third-order valence-electron chi connectivity index (χ3n) is 3.51. The molecule has 0 bridgehead atoms. The highest BCUT2D eigenvalue weighted by Gasteiger charge is 2.40. The van der Waals surface area contributed by atoms with Gasteiger partial charge in [0.25, 0.3) is 0 Å². The zero-order chi connectivity index (χ0) is 14.0. The molecule has 1 aromatic rings. The highest BCUT2D eigenvalue weighted by molar-refractivity contribution is 9.10. The van der Waals surface area contributed by atoms with E-state index in [4.69, 9.17) is 4.74 Å². The Morgan fingerprint density at radius 1 is 1.42 bits per heavy atom. The molecule has 0 aliphatic heterocycles. The van der Waals surface area contributed by atoms with Gasteiger partial charge < -0.3 is 4.74 Å². The van der Waals surface area contributed by atoms with Gasteiger partial charge in [0.2, 0.25) is 6.08 Å². The van der Waals surface area contributed by atoms with Crippen molar-refractivity contribution in [3.05, 3.63) is 27.7 Å². The first-order chi connectivity index (χ1) is 9.05. The Morgan fingerprint density at radius 3 is 2.58 bits per heavy atom. The molecule has 1 aromatic carbocycles. The van der Waals surface area contributed by atoms with Gasteiger partial charge in [-0.15, -0.1) is 0 Å². The summed E-state index contributed by atoms with van der Waals surface area (Å²) in [5, 5.41) is 0. The Hall–Kier alpha value is -1.26. The van der Waals surface area contributed by atoms with E-state index in [0.717, 1.165) is 12.8 Å². The van der Waals surface area contributed by atoms with Crippen LogP contribution in [-0.2, 0) is 10.3 Å². The molecule has 102 valence electrons. The molecular weight excluding hydrogens is 320 g/mol. The fourth-order valence-corrected chi connectivity index (χ4v) is 2.91. The minimum absolute atomic E-state index is 0.0748. The summed E-state index contributed by atoms with van der Waals surface area (Å²) in [7, 11) is 1.31. The van der Waals surface area contributed by atoms with Crippen molar-refractivity contribution in [2.24, 2.45) is 4.99 Å². The summed E-state index contributed by atoms with van der Waals surface area (Å²) in [5.74, 6) is -1.63. The standard InChI is InChI=1S/C13H12BrF2NO2/c1-19-12-8(6-9(15)10(14)11(12)16)13(17-7-18)4-2-3-5-13/h6H,2-5H2,1H3. The molecular formula is C13H12BrF2NO2. The molecule has 3 nitrogen and oxygen atoms in total. The Balaban J connectivity index is 2.70. The number of halogens is 3. The van der Waals surface area contributed by atoms with Crippen molar-refractivity contribution in [2.75, 3.05) is 7.11 Å². The van der Waals surface area contributed by atoms with Crippen LogP contribution in [0.2, 0.25) is 0 Å². The number of hydrogen-bond acceptors (Lipinski definition) is 3. The maximum absolute atomic E-state index is 14.0. The van der Waals surface area contributed by atoms with Gasteiger partial charge in [0.1, 0.15) is 11.4 Å². The van der Waals surface area contributed by atoms with E-state index in [1.54, 1.807) is 0 Å². The average Bonchev–Trinajstić information content (AvgIpc) is 2.86. The van der Waals surface area contributed by atoms with Crippen molar-refractivity contribution >= 4 is 22.0 Å². The quantitative estimate of drug-likeness (QED) is 0.479. The van der Waals surface area contributed by atoms with E-state index in [2.05, 4.69) is 20.9 Å². The first-order valence-electron chi connectivity index (χ1n) is 5.87. The SMILES string of the molecule is COc1c(C2(N=C=O)CCCC2)cc(F)c(Br)c1F. The van der Waals surface area contributed by atoms with Gasteiger partial charge in [-0.2, -0.15) is 4.99 Å². The Morgan fingerprint density at radius 2 is 2.05 bits per heavy atom. The molecule has 2 rings (SSSR count). The number of benzene rings is 1. The van der Waals surface area contributed by atoms with Gasteiger partial charge in [-0.05, 0) is 34.8 Å². The van der Waals surface area contributed by atoms with Gasteiger partial charge >= 0.3 is 0 Å². The van der Waals surface area contributed by atoms with Crippen molar-refractivity contribution in [1.82, 2.24) is 0 Å². The molecule has 1 aliphatic carbocycles. The number of nitrogens with zero attached hydrogens (tertiary/aromatic N) is 1. The van der Waals surface area contributed by atoms with Gasteiger partial charge in [0, 0.05) is 5.56 Å². The van der Waals surface area contributed by atoms with Crippen LogP contribution in [0, 0.1) is 11.6 Å². The van der Waals surface area contributed by atoms with Crippen LogP contribution in [0.3, 0.4) is 0 Å². The molecule has 0 radical (unpaired) electrons. The summed E-state index contributed by atoms with van der Waals surface area (Å²) < 4.78 is 32.5. The molecule has 1 saturated carbocycles. The summed E-state index contributed by atoms with van der Waals surface area (Å²) in [6.45, 7) is 0. The van der Waals surface area contributed by atoms with Crippen LogP contribution in [0.5, 0.6) is 5.75 Å². The summed E-state index contributed by atoms with van der Waals surface area (Å²) in [4.78, 5) is 14.5. The van der Waals surface area contributed by atoms with Crippen molar-refractivity contribution in [3.8, 4) is 5.75 Å². The second kappa shape index (κ2) is 5.39. The number of aliphatic imine (C=N–C) groups is 1. The lowest BCUT2D eigenvalue weighted by Gasteiger charge is -2.25. The zero-order valence-corrected chi connectivity index (χ0v) is 11.9. The van der Waals surface area contributed by atoms with Gasteiger partial charge in [-0.1, -0.05) is 12.8 Å². The molecule has 19 heavy (non-hydrogen) atoms. The summed E-state index contributed by atoms with van der Waals surface area (Å²) in [5.41, 5.74) is -0.649. The van der Waals surface area contributed by atoms with E-state index < -0.39 is 17.2 Å². The van der Waals surface area contributed by atoms with Crippen LogP contribution >= 0.6 is 15.9 Å². The number of rotatable bonds is 3. The van der Waals surface area contributed by atoms with Gasteiger partial charge in [0.15, 0.2) is 11.6 Å². The molecule has 0 aromatic heterocycles. The predicted molar refractivity (Wildman–Crippen MR) is 68.9 cm³/mol. The van der Waals surface area contributed by atoms with E-state index >= 15 is 0 Å². The van der Waals surface area contributed by atoms with E-state index in [1.165, 1.54) is 19.3 Å². The molecule has 0 unspecified atom stereocenters. The van der Waals surface area contributed by atoms with Crippen LogP contribution < -0.4 is 4.74 Å². The Bertz CT molecular complexity index is 550. The lowest BCUT2D eigenvalue weighted by Crippen LogP contribution is -2.21. The fraction of sp³-hybridized carbons (Fsp3) is 0.462. The first-order valence-corrected chi connectivity index (χ1v) is 6.66. The summed E-state index contributed by atoms with van der Waals surface area (Å²) in [6.07, 6.45) is 4.31. The predicted octanol–water partition coefficient (Wildman–Crippen LogP) is 3.84. The molecule has 0 N–H and O–H groups in total. The topological polar surface area (TPSA) is 38.7 Å². The Labute approximate surface area is 117 Å². The molecule has 1 aliphatic rings. The number of methoxy groups -OCH3 is 1. The minimum Gasteiger partial charge on any atom is -0.493 e. The van der Waals surface area contributed by atoms with Gasteiger partial charge in [-0.25, -0.2) is 13.6 Å².